The van der Waals surface area contributed by atoms with Crippen LogP contribution < -0.4 is 5.56 Å². The number of nitriles is 1. The molecule has 0 saturated carbocycles. The minimum Gasteiger partial charge on any atom is -0.469 e. The molecule has 0 spiro atoms. The van der Waals surface area contributed by atoms with E-state index in [1.54, 1.807) is 6.07 Å². The van der Waals surface area contributed by atoms with E-state index >= 15 is 0 Å². The third-order valence-electron chi connectivity index (χ3n) is 1.65. The van der Waals surface area contributed by atoms with Gasteiger partial charge in [0, 0.05) is 5.69 Å². The number of ether oxygens (including phenoxy) is 1. The van der Waals surface area contributed by atoms with Gasteiger partial charge in [0.15, 0.2) is 0 Å². The quantitative estimate of drug-likeness (QED) is 0.666. The molecule has 1 heterocycles. The summed E-state index contributed by atoms with van der Waals surface area (Å²) >= 11 is 0. The number of aromatic amines is 1. The molecule has 5 nitrogen and oxygen atoms in total. The molecule has 0 amide bonds. The molecule has 0 aliphatic rings. The minimum absolute atomic E-state index is 0.00253. The van der Waals surface area contributed by atoms with E-state index in [-0.39, 0.29) is 12.0 Å². The number of nitrogens with zero attached hydrogens (tertiary/aromatic N) is 1. The summed E-state index contributed by atoms with van der Waals surface area (Å²) in [5.74, 6) is -0.439. The molecular weight excluding hydrogens is 184 g/mol. The summed E-state index contributed by atoms with van der Waals surface area (Å²) in [6.07, 6.45) is -0.00253. The molecule has 0 fully saturated rings. The highest BCUT2D eigenvalue weighted by atomic mass is 16.5. The number of methoxy groups -OCH3 is 1. The molecule has 0 saturated heterocycles. The monoisotopic (exact) mass is 192 g/mol. The summed E-state index contributed by atoms with van der Waals surface area (Å²) in [7, 11) is 1.27. The van der Waals surface area contributed by atoms with Gasteiger partial charge in [0.1, 0.15) is 11.6 Å². The maximum atomic E-state index is 11.1. The Morgan fingerprint density at radius 2 is 2.36 bits per heavy atom. The zero-order chi connectivity index (χ0) is 10.6. The molecule has 0 unspecified atom stereocenters. The van der Waals surface area contributed by atoms with Crippen molar-refractivity contribution in [3.63, 3.8) is 0 Å². The van der Waals surface area contributed by atoms with Crippen LogP contribution in [0.1, 0.15) is 11.3 Å². The third kappa shape index (κ3) is 2.20. The van der Waals surface area contributed by atoms with E-state index in [0.29, 0.717) is 5.69 Å². The van der Waals surface area contributed by atoms with Gasteiger partial charge >= 0.3 is 5.97 Å². The number of nitrogens with one attached hydrogen (secondary N) is 1. The van der Waals surface area contributed by atoms with Crippen LogP contribution in [0.25, 0.3) is 0 Å². The predicted molar refractivity (Wildman–Crippen MR) is 47.5 cm³/mol. The Hall–Kier alpha value is -2.09. The number of rotatable bonds is 2. The maximum Gasteiger partial charge on any atom is 0.311 e. The van der Waals surface area contributed by atoms with Crippen molar-refractivity contribution in [3.8, 4) is 6.07 Å². The molecule has 0 atom stereocenters. The van der Waals surface area contributed by atoms with Gasteiger partial charge < -0.3 is 9.72 Å². The topological polar surface area (TPSA) is 82.9 Å². The molecule has 1 N–H and O–H groups in total. The summed E-state index contributed by atoms with van der Waals surface area (Å²) in [5.41, 5.74) is -0.0339. The lowest BCUT2D eigenvalue weighted by Crippen LogP contribution is -2.15. The fourth-order valence-electron chi connectivity index (χ4n) is 0.933. The van der Waals surface area contributed by atoms with Crippen LogP contribution in [0, 0.1) is 11.3 Å². The van der Waals surface area contributed by atoms with Gasteiger partial charge in [-0.05, 0) is 12.1 Å². The van der Waals surface area contributed by atoms with Gasteiger partial charge in [0.05, 0.1) is 13.5 Å². The van der Waals surface area contributed by atoms with E-state index in [1.165, 1.54) is 19.2 Å². The molecule has 1 aromatic rings. The lowest BCUT2D eigenvalue weighted by molar-refractivity contribution is -0.139. The van der Waals surface area contributed by atoms with Crippen molar-refractivity contribution in [2.75, 3.05) is 7.11 Å². The lowest BCUT2D eigenvalue weighted by Gasteiger charge is -1.99. The van der Waals surface area contributed by atoms with Crippen molar-refractivity contribution in [3.05, 3.63) is 33.7 Å². The van der Waals surface area contributed by atoms with Crippen LogP contribution >= 0.6 is 0 Å². The van der Waals surface area contributed by atoms with Crippen molar-refractivity contribution < 1.29 is 9.53 Å². The summed E-state index contributed by atoms with van der Waals surface area (Å²) in [6, 6.07) is 4.61. The molecule has 0 aliphatic carbocycles. The number of H-pyrrole nitrogens is 1. The zero-order valence-corrected chi connectivity index (χ0v) is 7.53. The fourth-order valence-corrected chi connectivity index (χ4v) is 0.933. The van der Waals surface area contributed by atoms with Crippen molar-refractivity contribution >= 4 is 5.97 Å². The largest absolute Gasteiger partial charge is 0.469 e. The summed E-state index contributed by atoms with van der Waals surface area (Å²) in [6.45, 7) is 0. The number of carbonyl (C=O) groups is 1. The zero-order valence-electron chi connectivity index (χ0n) is 7.53. The van der Waals surface area contributed by atoms with E-state index in [1.807, 2.05) is 0 Å². The normalized spacial score (nSPS) is 9.14. The molecule has 5 heteroatoms. The van der Waals surface area contributed by atoms with Crippen LogP contribution in [0.15, 0.2) is 16.9 Å². The fraction of sp³-hybridized carbons (Fsp3) is 0.222. The standard InChI is InChI=1S/C9H8N2O3/c1-14-8(12)4-7-3-2-6(5-10)9(13)11-7/h2-3H,4H2,1H3,(H,11,13). The molecule has 0 aromatic carbocycles. The average Bonchev–Trinajstić information content (AvgIpc) is 2.18. The first kappa shape index (κ1) is 9.99. The van der Waals surface area contributed by atoms with Gasteiger partial charge in [-0.3, -0.25) is 9.59 Å². The average molecular weight is 192 g/mol. The van der Waals surface area contributed by atoms with Crippen LogP contribution in [-0.2, 0) is 16.0 Å². The molecule has 1 rings (SSSR count). The second kappa shape index (κ2) is 4.23. The first-order valence-electron chi connectivity index (χ1n) is 3.86. The number of esters is 1. The molecule has 0 radical (unpaired) electrons. The Bertz CT molecular complexity index is 442. The van der Waals surface area contributed by atoms with Crippen LogP contribution in [0.2, 0.25) is 0 Å². The Labute approximate surface area is 79.9 Å². The summed E-state index contributed by atoms with van der Waals surface area (Å²) in [4.78, 5) is 24.4. The van der Waals surface area contributed by atoms with Gasteiger partial charge in [0.25, 0.3) is 5.56 Å². The molecule has 14 heavy (non-hydrogen) atoms. The molecule has 0 bridgehead atoms. The Balaban J connectivity index is 2.94. The number of hydrogen-bond donors (Lipinski definition) is 1. The number of aromatic nitrogens is 1. The maximum absolute atomic E-state index is 11.1. The van der Waals surface area contributed by atoms with Crippen molar-refractivity contribution in [2.45, 2.75) is 6.42 Å². The van der Waals surface area contributed by atoms with Gasteiger partial charge in [-0.2, -0.15) is 5.26 Å². The van der Waals surface area contributed by atoms with E-state index in [0.717, 1.165) is 0 Å². The second-order valence-corrected chi connectivity index (χ2v) is 2.59. The highest BCUT2D eigenvalue weighted by molar-refractivity contribution is 5.71. The van der Waals surface area contributed by atoms with Crippen LogP contribution in [0.4, 0.5) is 0 Å². The van der Waals surface area contributed by atoms with Crippen LogP contribution in [0.5, 0.6) is 0 Å². The minimum atomic E-state index is -0.492. The molecule has 72 valence electrons. The third-order valence-corrected chi connectivity index (χ3v) is 1.65. The predicted octanol–water partition coefficient (Wildman–Crippen LogP) is -0.0379. The van der Waals surface area contributed by atoms with Crippen molar-refractivity contribution in [2.24, 2.45) is 0 Å². The Morgan fingerprint density at radius 3 is 2.86 bits per heavy atom. The number of pyridine rings is 1. The van der Waals surface area contributed by atoms with E-state index in [4.69, 9.17) is 5.26 Å². The van der Waals surface area contributed by atoms with E-state index < -0.39 is 11.5 Å². The smallest absolute Gasteiger partial charge is 0.311 e. The summed E-state index contributed by atoms with van der Waals surface area (Å²) < 4.78 is 4.42. The first-order valence-corrected chi connectivity index (χ1v) is 3.86. The second-order valence-electron chi connectivity index (χ2n) is 2.59. The van der Waals surface area contributed by atoms with E-state index in [2.05, 4.69) is 9.72 Å². The van der Waals surface area contributed by atoms with Crippen LogP contribution in [-0.4, -0.2) is 18.1 Å². The SMILES string of the molecule is COC(=O)Cc1ccc(C#N)c(=O)[nH]1. The highest BCUT2D eigenvalue weighted by Gasteiger charge is 2.05. The Morgan fingerprint density at radius 1 is 1.64 bits per heavy atom. The number of hydrogen-bond acceptors (Lipinski definition) is 4. The van der Waals surface area contributed by atoms with Gasteiger partial charge in [-0.1, -0.05) is 0 Å². The summed E-state index contributed by atoms with van der Waals surface area (Å²) in [5, 5.41) is 8.48. The lowest BCUT2D eigenvalue weighted by atomic mass is 10.2. The number of carbonyl (C=O) groups excluding carboxylic acids is 1. The molecule has 1 aromatic heterocycles. The van der Waals surface area contributed by atoms with E-state index in [9.17, 15) is 9.59 Å². The first-order chi connectivity index (χ1) is 6.67. The van der Waals surface area contributed by atoms with Gasteiger partial charge in [-0.25, -0.2) is 0 Å². The Kier molecular flexibility index (Phi) is 3.02. The molecular formula is C9H8N2O3. The van der Waals surface area contributed by atoms with Gasteiger partial charge in [0.2, 0.25) is 0 Å². The highest BCUT2D eigenvalue weighted by Crippen LogP contribution is 1.96. The van der Waals surface area contributed by atoms with Crippen molar-refractivity contribution in [1.29, 1.82) is 5.26 Å². The van der Waals surface area contributed by atoms with Gasteiger partial charge in [-0.15, -0.1) is 0 Å². The van der Waals surface area contributed by atoms with Crippen molar-refractivity contribution in [1.82, 2.24) is 4.98 Å². The van der Waals surface area contributed by atoms with Crippen LogP contribution in [0.3, 0.4) is 0 Å². The molecule has 0 aliphatic heterocycles.